The van der Waals surface area contributed by atoms with Gasteiger partial charge in [-0.3, -0.25) is 4.55 Å². The fourth-order valence-electron chi connectivity index (χ4n) is 1.40. The average molecular weight is 265 g/mol. The molecule has 4 nitrogen and oxygen atoms in total. The predicted octanol–water partition coefficient (Wildman–Crippen LogP) is 2.03. The quantitative estimate of drug-likeness (QED) is 0.373. The molecule has 0 aliphatic carbocycles. The smallest absolute Gasteiger partial charge is 0.264 e. The Labute approximate surface area is 115 Å². The van der Waals surface area contributed by atoms with E-state index in [2.05, 4.69) is 11.1 Å². The van der Waals surface area contributed by atoms with Gasteiger partial charge in [-0.1, -0.05) is 51.9 Å². The molecule has 0 saturated heterocycles. The first-order valence-electron chi connectivity index (χ1n) is 5.68. The third-order valence-corrected chi connectivity index (χ3v) is 2.69. The summed E-state index contributed by atoms with van der Waals surface area (Å²) in [5.74, 6) is 0. The van der Waals surface area contributed by atoms with E-state index in [0.717, 1.165) is 12.8 Å². The highest BCUT2D eigenvalue weighted by Crippen LogP contribution is 2.08. The molecule has 0 aliphatic heterocycles. The van der Waals surface area contributed by atoms with Crippen LogP contribution in [0.2, 0.25) is 0 Å². The number of hydrogen-bond acceptors (Lipinski definition) is 3. The van der Waals surface area contributed by atoms with Crippen LogP contribution in [0.4, 0.5) is 0 Å². The molecule has 0 aliphatic rings. The Morgan fingerprint density at radius 3 is 1.81 bits per heavy atom. The lowest BCUT2D eigenvalue weighted by molar-refractivity contribution is 0.261. The SMILES string of the molecule is CCCCCCCCCCOS(=O)(=O)O.[MgH2]. The highest BCUT2D eigenvalue weighted by Gasteiger charge is 2.02. The van der Waals surface area contributed by atoms with Crippen molar-refractivity contribution in [3.63, 3.8) is 0 Å². The van der Waals surface area contributed by atoms with Crippen LogP contribution in [0.5, 0.6) is 0 Å². The average Bonchev–Trinajstić information content (AvgIpc) is 2.14. The summed E-state index contributed by atoms with van der Waals surface area (Å²) in [6.07, 6.45) is 9.05. The van der Waals surface area contributed by atoms with Crippen molar-refractivity contribution >= 4 is 33.5 Å². The Balaban J connectivity index is 0. The standard InChI is InChI=1S/C10H22O4S.Mg.2H/c1-2-3-4-5-6-7-8-9-10-14-15(11,12)13;;;/h2-10H2,1H3,(H,11,12,13);;;. The first-order valence-corrected chi connectivity index (χ1v) is 7.04. The van der Waals surface area contributed by atoms with E-state index in [0.29, 0.717) is 6.42 Å². The maximum atomic E-state index is 10.2. The Hall–Kier alpha value is 0.636. The zero-order chi connectivity index (χ0) is 11.6. The van der Waals surface area contributed by atoms with Gasteiger partial charge in [-0.2, -0.15) is 8.42 Å². The highest BCUT2D eigenvalue weighted by atomic mass is 32.3. The molecule has 0 atom stereocenters. The van der Waals surface area contributed by atoms with Crippen molar-refractivity contribution in [2.75, 3.05) is 6.61 Å². The molecular formula is C10H24MgO4S. The van der Waals surface area contributed by atoms with E-state index in [1.807, 2.05) is 0 Å². The molecule has 0 aromatic carbocycles. The molecule has 0 amide bonds. The van der Waals surface area contributed by atoms with E-state index in [9.17, 15) is 8.42 Å². The second kappa shape index (κ2) is 12.1. The maximum absolute atomic E-state index is 10.2. The van der Waals surface area contributed by atoms with Gasteiger partial charge in [0.2, 0.25) is 0 Å². The van der Waals surface area contributed by atoms with E-state index >= 15 is 0 Å². The lowest BCUT2D eigenvalue weighted by atomic mass is 10.1. The molecule has 0 aromatic heterocycles. The molecule has 0 spiro atoms. The van der Waals surface area contributed by atoms with Gasteiger partial charge in [0, 0.05) is 0 Å². The first kappa shape index (κ1) is 19.0. The molecule has 0 radical (unpaired) electrons. The van der Waals surface area contributed by atoms with E-state index in [-0.39, 0.29) is 29.7 Å². The van der Waals surface area contributed by atoms with E-state index < -0.39 is 10.4 Å². The first-order chi connectivity index (χ1) is 7.06. The third-order valence-electron chi connectivity index (χ3n) is 2.23. The zero-order valence-corrected chi connectivity index (χ0v) is 10.3. The summed E-state index contributed by atoms with van der Waals surface area (Å²) in [5, 5.41) is 0. The van der Waals surface area contributed by atoms with Crippen LogP contribution in [-0.2, 0) is 14.6 Å². The van der Waals surface area contributed by atoms with Crippen LogP contribution >= 0.6 is 0 Å². The summed E-state index contributed by atoms with van der Waals surface area (Å²) in [6, 6.07) is 0. The van der Waals surface area contributed by atoms with Gasteiger partial charge in [0.15, 0.2) is 0 Å². The third kappa shape index (κ3) is 17.0. The summed E-state index contributed by atoms with van der Waals surface area (Å²) in [4.78, 5) is 0. The van der Waals surface area contributed by atoms with E-state index in [1.54, 1.807) is 0 Å². The molecular weight excluding hydrogens is 240 g/mol. The zero-order valence-electron chi connectivity index (χ0n) is 9.44. The Kier molecular flexibility index (Phi) is 14.4. The predicted molar refractivity (Wildman–Crippen MR) is 68.7 cm³/mol. The van der Waals surface area contributed by atoms with Gasteiger partial charge in [0.05, 0.1) is 6.61 Å². The van der Waals surface area contributed by atoms with E-state index in [1.165, 1.54) is 32.1 Å². The molecule has 16 heavy (non-hydrogen) atoms. The Morgan fingerprint density at radius 2 is 1.38 bits per heavy atom. The van der Waals surface area contributed by atoms with Crippen LogP contribution in [0.1, 0.15) is 58.3 Å². The maximum Gasteiger partial charge on any atom is 0.397 e. The summed E-state index contributed by atoms with van der Waals surface area (Å²) in [7, 11) is -4.23. The minimum atomic E-state index is -4.23. The molecule has 0 heterocycles. The second-order valence-electron chi connectivity index (χ2n) is 3.72. The molecule has 96 valence electrons. The van der Waals surface area contributed by atoms with Crippen LogP contribution in [0.15, 0.2) is 0 Å². The summed E-state index contributed by atoms with van der Waals surface area (Å²) < 4.78 is 32.8. The number of unbranched alkanes of at least 4 members (excludes halogenated alkanes) is 7. The molecule has 1 N–H and O–H groups in total. The molecule has 0 saturated carbocycles. The number of rotatable bonds is 10. The van der Waals surface area contributed by atoms with E-state index in [4.69, 9.17) is 4.55 Å². The monoisotopic (exact) mass is 264 g/mol. The highest BCUT2D eigenvalue weighted by molar-refractivity contribution is 7.80. The van der Waals surface area contributed by atoms with Crippen LogP contribution in [0, 0.1) is 0 Å². The minimum Gasteiger partial charge on any atom is -0.264 e. The minimum absolute atomic E-state index is 0. The fraction of sp³-hybridized carbons (Fsp3) is 1.00. The Morgan fingerprint density at radius 1 is 0.938 bits per heavy atom. The molecule has 0 fully saturated rings. The fourth-order valence-corrected chi connectivity index (χ4v) is 1.73. The normalized spacial score (nSPS) is 11.1. The number of hydrogen-bond donors (Lipinski definition) is 1. The summed E-state index contributed by atoms with van der Waals surface area (Å²) >= 11 is 0. The van der Waals surface area contributed by atoms with Gasteiger partial charge in [0.1, 0.15) is 0 Å². The molecule has 6 heteroatoms. The van der Waals surface area contributed by atoms with Gasteiger partial charge < -0.3 is 0 Å². The van der Waals surface area contributed by atoms with Gasteiger partial charge in [-0.05, 0) is 6.42 Å². The second-order valence-corrected chi connectivity index (χ2v) is 4.82. The van der Waals surface area contributed by atoms with Gasteiger partial charge >= 0.3 is 33.5 Å². The van der Waals surface area contributed by atoms with Crippen molar-refractivity contribution in [1.29, 1.82) is 0 Å². The van der Waals surface area contributed by atoms with Crippen LogP contribution < -0.4 is 0 Å². The van der Waals surface area contributed by atoms with Crippen molar-refractivity contribution in [2.45, 2.75) is 58.3 Å². The molecule has 0 rings (SSSR count). The molecule has 0 aromatic rings. The topological polar surface area (TPSA) is 63.6 Å². The summed E-state index contributed by atoms with van der Waals surface area (Å²) in [5.41, 5.74) is 0. The largest absolute Gasteiger partial charge is 0.397 e. The lowest BCUT2D eigenvalue weighted by Gasteiger charge is -2.01. The Bertz CT molecular complexity index is 229. The molecule has 0 unspecified atom stereocenters. The van der Waals surface area contributed by atoms with Gasteiger partial charge in [0.25, 0.3) is 0 Å². The van der Waals surface area contributed by atoms with Crippen LogP contribution in [0.3, 0.4) is 0 Å². The molecule has 0 bridgehead atoms. The van der Waals surface area contributed by atoms with Gasteiger partial charge in [-0.25, -0.2) is 4.18 Å². The van der Waals surface area contributed by atoms with Crippen LogP contribution in [-0.4, -0.2) is 42.6 Å². The van der Waals surface area contributed by atoms with Crippen LogP contribution in [0.25, 0.3) is 0 Å². The summed E-state index contributed by atoms with van der Waals surface area (Å²) in [6.45, 7) is 2.28. The lowest BCUT2D eigenvalue weighted by Crippen LogP contribution is -2.04. The van der Waals surface area contributed by atoms with Crippen molar-refractivity contribution in [2.24, 2.45) is 0 Å². The van der Waals surface area contributed by atoms with Crippen molar-refractivity contribution in [3.05, 3.63) is 0 Å². The van der Waals surface area contributed by atoms with Crippen molar-refractivity contribution < 1.29 is 17.2 Å². The van der Waals surface area contributed by atoms with Crippen molar-refractivity contribution in [3.8, 4) is 0 Å². The van der Waals surface area contributed by atoms with Gasteiger partial charge in [-0.15, -0.1) is 0 Å². The van der Waals surface area contributed by atoms with Crippen molar-refractivity contribution in [1.82, 2.24) is 0 Å².